The van der Waals surface area contributed by atoms with E-state index in [9.17, 15) is 4.79 Å². The van der Waals surface area contributed by atoms with Crippen molar-refractivity contribution < 1.29 is 4.79 Å². The van der Waals surface area contributed by atoms with Gasteiger partial charge in [-0.2, -0.15) is 0 Å². The van der Waals surface area contributed by atoms with Crippen molar-refractivity contribution >= 4 is 29.0 Å². The molecule has 4 heteroatoms. The Morgan fingerprint density at radius 1 is 1.27 bits per heavy atom. The van der Waals surface area contributed by atoms with Crippen LogP contribution in [0, 0.1) is 6.92 Å². The maximum Gasteiger partial charge on any atom is 0.231 e. The Hall–Kier alpha value is -1.26. The maximum atomic E-state index is 13.1. The fourth-order valence-electron chi connectivity index (χ4n) is 2.96. The Morgan fingerprint density at radius 3 is 2.68 bits per heavy atom. The van der Waals surface area contributed by atoms with Crippen LogP contribution in [0.4, 0.5) is 0 Å². The first-order valence-corrected chi connectivity index (χ1v) is 9.60. The molecule has 2 nitrogen and oxygen atoms in total. The highest BCUT2D eigenvalue weighted by Gasteiger charge is 2.35. The van der Waals surface area contributed by atoms with Gasteiger partial charge < -0.3 is 4.90 Å². The molecule has 0 bridgehead atoms. The third-order valence-corrected chi connectivity index (χ3v) is 6.53. The van der Waals surface area contributed by atoms with E-state index in [4.69, 9.17) is 0 Å². The van der Waals surface area contributed by atoms with Gasteiger partial charge in [0.05, 0.1) is 5.92 Å². The first-order valence-electron chi connectivity index (χ1n) is 7.74. The van der Waals surface area contributed by atoms with Crippen molar-refractivity contribution in [2.45, 2.75) is 31.6 Å². The quantitative estimate of drug-likeness (QED) is 0.800. The smallest absolute Gasteiger partial charge is 0.231 e. The number of hydrogen-bond donors (Lipinski definition) is 0. The first kappa shape index (κ1) is 15.6. The summed E-state index contributed by atoms with van der Waals surface area (Å²) >= 11 is 3.69. The van der Waals surface area contributed by atoms with Crippen LogP contribution >= 0.6 is 23.1 Å². The Labute approximate surface area is 140 Å². The van der Waals surface area contributed by atoms with Gasteiger partial charge in [0.15, 0.2) is 0 Å². The molecule has 2 aromatic rings. The highest BCUT2D eigenvalue weighted by Crippen LogP contribution is 2.42. The minimum absolute atomic E-state index is 0.0246. The van der Waals surface area contributed by atoms with Crippen molar-refractivity contribution in [1.82, 2.24) is 4.90 Å². The summed E-state index contributed by atoms with van der Waals surface area (Å²) in [4.78, 5) is 17.8. The highest BCUT2D eigenvalue weighted by atomic mass is 32.2. The van der Waals surface area contributed by atoms with E-state index in [1.54, 1.807) is 11.3 Å². The maximum absolute atomic E-state index is 13.1. The van der Waals surface area contributed by atoms with E-state index in [0.717, 1.165) is 24.3 Å². The lowest BCUT2D eigenvalue weighted by Crippen LogP contribution is -2.34. The molecule has 1 aliphatic rings. The average molecular weight is 332 g/mol. The van der Waals surface area contributed by atoms with E-state index in [0.29, 0.717) is 0 Å². The van der Waals surface area contributed by atoms with Crippen LogP contribution in [0.3, 0.4) is 0 Å². The molecule has 1 amide bonds. The zero-order valence-corrected chi connectivity index (χ0v) is 14.6. The lowest BCUT2D eigenvalue weighted by molar-refractivity contribution is -0.133. The van der Waals surface area contributed by atoms with Gasteiger partial charge in [-0.3, -0.25) is 4.79 Å². The van der Waals surface area contributed by atoms with Gasteiger partial charge in [0.2, 0.25) is 5.91 Å². The van der Waals surface area contributed by atoms with Crippen molar-refractivity contribution in [2.24, 2.45) is 0 Å². The van der Waals surface area contributed by atoms with E-state index in [1.807, 2.05) is 30.0 Å². The molecule has 2 heterocycles. The van der Waals surface area contributed by atoms with Gasteiger partial charge in [-0.15, -0.1) is 23.1 Å². The van der Waals surface area contributed by atoms with Crippen LogP contribution < -0.4 is 0 Å². The van der Waals surface area contributed by atoms with Crippen molar-refractivity contribution in [3.8, 4) is 0 Å². The zero-order chi connectivity index (χ0) is 15.5. The molecule has 1 aromatic heterocycles. The van der Waals surface area contributed by atoms with Crippen LogP contribution in [0.2, 0.25) is 0 Å². The monoisotopic (exact) mass is 331 g/mol. The minimum Gasteiger partial charge on any atom is -0.324 e. The van der Waals surface area contributed by atoms with Crippen LogP contribution in [0.25, 0.3) is 0 Å². The first-order chi connectivity index (χ1) is 10.7. The van der Waals surface area contributed by atoms with Gasteiger partial charge in [-0.1, -0.05) is 37.3 Å². The number of hydrogen-bond acceptors (Lipinski definition) is 3. The Bertz CT molecular complexity index is 638. The van der Waals surface area contributed by atoms with Crippen LogP contribution in [0.1, 0.15) is 40.0 Å². The number of benzene rings is 1. The molecule has 0 N–H and O–H groups in total. The van der Waals surface area contributed by atoms with Crippen LogP contribution in [-0.4, -0.2) is 23.1 Å². The summed E-state index contributed by atoms with van der Waals surface area (Å²) in [5, 5.41) is 0.198. The Morgan fingerprint density at radius 2 is 2.05 bits per heavy atom. The van der Waals surface area contributed by atoms with Gasteiger partial charge in [0.1, 0.15) is 5.37 Å². The lowest BCUT2D eigenvalue weighted by Gasteiger charge is -2.27. The predicted molar refractivity (Wildman–Crippen MR) is 95.4 cm³/mol. The van der Waals surface area contributed by atoms with Crippen molar-refractivity contribution in [3.63, 3.8) is 0 Å². The summed E-state index contributed by atoms with van der Waals surface area (Å²) in [6, 6.07) is 14.5. The number of nitrogens with zero attached hydrogens (tertiary/aromatic N) is 1. The van der Waals surface area contributed by atoms with E-state index in [-0.39, 0.29) is 17.2 Å². The SMILES string of the molecule is CCC(C(=O)N1CCSC1c1ccc(C)s1)c1ccccc1. The molecule has 3 rings (SSSR count). The van der Waals surface area contributed by atoms with Crippen molar-refractivity contribution in [2.75, 3.05) is 12.3 Å². The number of thioether (sulfide) groups is 1. The number of rotatable bonds is 4. The molecule has 1 fully saturated rings. The number of carbonyl (C=O) groups is 1. The summed E-state index contributed by atoms with van der Waals surface area (Å²) in [6.07, 6.45) is 0.847. The minimum atomic E-state index is -0.0246. The summed E-state index contributed by atoms with van der Waals surface area (Å²) in [6.45, 7) is 5.08. The molecule has 1 saturated heterocycles. The second-order valence-electron chi connectivity index (χ2n) is 5.57. The summed E-state index contributed by atoms with van der Waals surface area (Å²) < 4.78 is 0. The number of amides is 1. The largest absolute Gasteiger partial charge is 0.324 e. The average Bonchev–Trinajstić information content (AvgIpc) is 3.17. The van der Waals surface area contributed by atoms with Gasteiger partial charge in [0.25, 0.3) is 0 Å². The summed E-state index contributed by atoms with van der Waals surface area (Å²) in [7, 11) is 0. The molecular formula is C18H21NOS2. The standard InChI is InChI=1S/C18H21NOS2/c1-3-15(14-7-5-4-6-8-14)17(20)19-11-12-21-18(19)16-10-9-13(2)22-16/h4-10,15,18H,3,11-12H2,1-2H3. The zero-order valence-electron chi connectivity index (χ0n) is 13.0. The third-order valence-electron chi connectivity index (χ3n) is 4.09. The lowest BCUT2D eigenvalue weighted by atomic mass is 9.95. The molecule has 1 aliphatic heterocycles. The number of carbonyl (C=O) groups excluding carboxylic acids is 1. The molecule has 2 unspecified atom stereocenters. The molecule has 1 aromatic carbocycles. The van der Waals surface area contributed by atoms with E-state index in [2.05, 4.69) is 43.0 Å². The molecule has 22 heavy (non-hydrogen) atoms. The molecule has 2 atom stereocenters. The molecule has 0 spiro atoms. The fraction of sp³-hybridized carbons (Fsp3) is 0.389. The van der Waals surface area contributed by atoms with Gasteiger partial charge in [-0.25, -0.2) is 0 Å². The predicted octanol–water partition coefficient (Wildman–Crippen LogP) is 4.82. The second-order valence-corrected chi connectivity index (χ2v) is 8.08. The van der Waals surface area contributed by atoms with Crippen molar-refractivity contribution in [1.29, 1.82) is 0 Å². The van der Waals surface area contributed by atoms with Gasteiger partial charge in [0, 0.05) is 22.1 Å². The fourth-order valence-corrected chi connectivity index (χ4v) is 5.33. The van der Waals surface area contributed by atoms with Crippen LogP contribution in [-0.2, 0) is 4.79 Å². The Kier molecular flexibility index (Phi) is 4.89. The molecule has 0 saturated carbocycles. The van der Waals surface area contributed by atoms with Crippen LogP contribution in [0.15, 0.2) is 42.5 Å². The van der Waals surface area contributed by atoms with E-state index < -0.39 is 0 Å². The van der Waals surface area contributed by atoms with E-state index in [1.165, 1.54) is 9.75 Å². The van der Waals surface area contributed by atoms with Gasteiger partial charge in [-0.05, 0) is 31.0 Å². The van der Waals surface area contributed by atoms with Crippen molar-refractivity contribution in [3.05, 3.63) is 57.8 Å². The van der Waals surface area contributed by atoms with Gasteiger partial charge >= 0.3 is 0 Å². The molecule has 116 valence electrons. The molecule has 0 aliphatic carbocycles. The summed E-state index contributed by atoms with van der Waals surface area (Å²) in [5.74, 6) is 1.27. The van der Waals surface area contributed by atoms with Crippen LogP contribution in [0.5, 0.6) is 0 Å². The second kappa shape index (κ2) is 6.88. The normalized spacial score (nSPS) is 19.4. The molecular weight excluding hydrogens is 310 g/mol. The third kappa shape index (κ3) is 3.08. The highest BCUT2D eigenvalue weighted by molar-refractivity contribution is 7.99. The topological polar surface area (TPSA) is 20.3 Å². The number of aryl methyl sites for hydroxylation is 1. The Balaban J connectivity index is 1.83. The number of thiophene rings is 1. The molecule has 0 radical (unpaired) electrons. The van der Waals surface area contributed by atoms with E-state index >= 15 is 0 Å². The summed E-state index contributed by atoms with van der Waals surface area (Å²) in [5.41, 5.74) is 1.13.